The summed E-state index contributed by atoms with van der Waals surface area (Å²) in [6, 6.07) is 18.4. The first kappa shape index (κ1) is 18.5. The Morgan fingerprint density at radius 3 is 2.44 bits per heavy atom. The lowest BCUT2D eigenvalue weighted by Gasteiger charge is -2.13. The Labute approximate surface area is 158 Å². The maximum absolute atomic E-state index is 12.9. The molecule has 5 heteroatoms. The highest BCUT2D eigenvalue weighted by Crippen LogP contribution is 2.13. The molecule has 0 spiro atoms. The minimum atomic E-state index is -0.391. The maximum Gasteiger partial charge on any atom is 0.268 e. The molecule has 0 aliphatic heterocycles. The first-order valence-corrected chi connectivity index (χ1v) is 8.70. The van der Waals surface area contributed by atoms with Crippen LogP contribution in [0.15, 0.2) is 65.5 Å². The van der Waals surface area contributed by atoms with Crippen molar-refractivity contribution in [3.05, 3.63) is 93.4 Å². The number of hydrogen-bond acceptors (Lipinski definition) is 3. The standard InChI is InChI=1S/C22H22N2O3/c1-15-5-4-6-18(13-15)24-16(2)7-12-20(22(24)26)21(25)23-14-17-8-10-19(27-3)11-9-17/h4-13H,14H2,1-3H3,(H,23,25). The van der Waals surface area contributed by atoms with Gasteiger partial charge in [-0.25, -0.2) is 0 Å². The molecule has 0 unspecified atom stereocenters. The SMILES string of the molecule is COc1ccc(CNC(=O)c2ccc(C)n(-c3cccc(C)c3)c2=O)cc1. The van der Waals surface area contributed by atoms with E-state index in [0.29, 0.717) is 6.54 Å². The van der Waals surface area contributed by atoms with E-state index in [-0.39, 0.29) is 11.1 Å². The van der Waals surface area contributed by atoms with Crippen LogP contribution in [-0.2, 0) is 6.54 Å². The molecule has 1 N–H and O–H groups in total. The summed E-state index contributed by atoms with van der Waals surface area (Å²) in [5, 5.41) is 2.81. The monoisotopic (exact) mass is 362 g/mol. The molecular formula is C22H22N2O3. The minimum absolute atomic E-state index is 0.121. The normalized spacial score (nSPS) is 10.5. The molecule has 5 nitrogen and oxygen atoms in total. The van der Waals surface area contributed by atoms with Crippen molar-refractivity contribution in [1.29, 1.82) is 0 Å². The zero-order valence-electron chi connectivity index (χ0n) is 15.7. The molecule has 0 atom stereocenters. The number of amides is 1. The van der Waals surface area contributed by atoms with Crippen LogP contribution in [0.5, 0.6) is 5.75 Å². The van der Waals surface area contributed by atoms with Crippen LogP contribution in [0, 0.1) is 13.8 Å². The van der Waals surface area contributed by atoms with E-state index >= 15 is 0 Å². The predicted molar refractivity (Wildman–Crippen MR) is 106 cm³/mol. The number of aryl methyl sites for hydroxylation is 2. The summed E-state index contributed by atoms with van der Waals surface area (Å²) in [7, 11) is 1.60. The molecule has 1 aromatic heterocycles. The molecule has 3 rings (SSSR count). The first-order valence-electron chi connectivity index (χ1n) is 8.70. The van der Waals surface area contributed by atoms with E-state index in [1.807, 2.05) is 62.4 Å². The van der Waals surface area contributed by atoms with Gasteiger partial charge in [0.1, 0.15) is 11.3 Å². The zero-order valence-corrected chi connectivity index (χ0v) is 15.7. The van der Waals surface area contributed by atoms with Crippen LogP contribution in [0.4, 0.5) is 0 Å². The van der Waals surface area contributed by atoms with E-state index in [1.54, 1.807) is 23.8 Å². The highest BCUT2D eigenvalue weighted by atomic mass is 16.5. The van der Waals surface area contributed by atoms with E-state index in [0.717, 1.165) is 28.3 Å². The van der Waals surface area contributed by atoms with E-state index < -0.39 is 5.91 Å². The number of hydrogen-bond donors (Lipinski definition) is 1. The third-order valence-electron chi connectivity index (χ3n) is 4.39. The number of ether oxygens (including phenoxy) is 1. The second kappa shape index (κ2) is 7.91. The van der Waals surface area contributed by atoms with Crippen molar-refractivity contribution in [3.63, 3.8) is 0 Å². The number of rotatable bonds is 5. The summed E-state index contributed by atoms with van der Waals surface area (Å²) >= 11 is 0. The smallest absolute Gasteiger partial charge is 0.268 e. The fraction of sp³-hybridized carbons (Fsp3) is 0.182. The molecule has 0 aliphatic carbocycles. The van der Waals surface area contributed by atoms with Crippen LogP contribution < -0.4 is 15.6 Å². The van der Waals surface area contributed by atoms with Crippen LogP contribution in [-0.4, -0.2) is 17.6 Å². The lowest BCUT2D eigenvalue weighted by Crippen LogP contribution is -2.33. The van der Waals surface area contributed by atoms with Crippen molar-refractivity contribution >= 4 is 5.91 Å². The molecule has 0 aliphatic rings. The molecule has 0 bridgehead atoms. The molecule has 3 aromatic rings. The van der Waals surface area contributed by atoms with Crippen LogP contribution in [0.25, 0.3) is 5.69 Å². The predicted octanol–water partition coefficient (Wildman–Crippen LogP) is 3.39. The van der Waals surface area contributed by atoms with Crippen molar-refractivity contribution in [2.75, 3.05) is 7.11 Å². The minimum Gasteiger partial charge on any atom is -0.497 e. The molecular weight excluding hydrogens is 340 g/mol. The highest BCUT2D eigenvalue weighted by Gasteiger charge is 2.14. The van der Waals surface area contributed by atoms with Gasteiger partial charge in [0.2, 0.25) is 0 Å². The number of carbonyl (C=O) groups is 1. The van der Waals surface area contributed by atoms with Crippen LogP contribution in [0.3, 0.4) is 0 Å². The second-order valence-electron chi connectivity index (χ2n) is 6.40. The third kappa shape index (κ3) is 4.08. The zero-order chi connectivity index (χ0) is 19.4. The fourth-order valence-corrected chi connectivity index (χ4v) is 2.91. The average Bonchev–Trinajstić information content (AvgIpc) is 2.67. The second-order valence-corrected chi connectivity index (χ2v) is 6.40. The Morgan fingerprint density at radius 1 is 1.04 bits per heavy atom. The number of aromatic nitrogens is 1. The molecule has 1 heterocycles. The van der Waals surface area contributed by atoms with Gasteiger partial charge in [0.15, 0.2) is 0 Å². The Bertz CT molecular complexity index is 1020. The van der Waals surface area contributed by atoms with Gasteiger partial charge >= 0.3 is 0 Å². The largest absolute Gasteiger partial charge is 0.497 e. The molecule has 0 fully saturated rings. The van der Waals surface area contributed by atoms with Crippen molar-refractivity contribution in [3.8, 4) is 11.4 Å². The summed E-state index contributed by atoms with van der Waals surface area (Å²) in [6.45, 7) is 4.15. The van der Waals surface area contributed by atoms with E-state index in [4.69, 9.17) is 4.74 Å². The average molecular weight is 362 g/mol. The molecule has 27 heavy (non-hydrogen) atoms. The number of benzene rings is 2. The van der Waals surface area contributed by atoms with Crippen LogP contribution >= 0.6 is 0 Å². The van der Waals surface area contributed by atoms with E-state index in [2.05, 4.69) is 5.32 Å². The summed E-state index contributed by atoms with van der Waals surface area (Å²) < 4.78 is 6.69. The van der Waals surface area contributed by atoms with Gasteiger partial charge in [0, 0.05) is 17.9 Å². The van der Waals surface area contributed by atoms with Gasteiger partial charge in [0.25, 0.3) is 11.5 Å². The van der Waals surface area contributed by atoms with Crippen LogP contribution in [0.2, 0.25) is 0 Å². The molecule has 1 amide bonds. The Morgan fingerprint density at radius 2 is 1.78 bits per heavy atom. The van der Waals surface area contributed by atoms with Gasteiger partial charge in [-0.2, -0.15) is 0 Å². The van der Waals surface area contributed by atoms with Crippen molar-refractivity contribution in [2.45, 2.75) is 20.4 Å². The van der Waals surface area contributed by atoms with Crippen molar-refractivity contribution in [1.82, 2.24) is 9.88 Å². The lowest BCUT2D eigenvalue weighted by molar-refractivity contribution is 0.0949. The van der Waals surface area contributed by atoms with E-state index in [9.17, 15) is 9.59 Å². The number of methoxy groups -OCH3 is 1. The number of nitrogens with zero attached hydrogens (tertiary/aromatic N) is 1. The Balaban J connectivity index is 1.85. The topological polar surface area (TPSA) is 60.3 Å². The van der Waals surface area contributed by atoms with E-state index in [1.165, 1.54) is 0 Å². The van der Waals surface area contributed by atoms with Gasteiger partial charge in [0.05, 0.1) is 7.11 Å². The molecule has 2 aromatic carbocycles. The van der Waals surface area contributed by atoms with Crippen molar-refractivity contribution < 1.29 is 9.53 Å². The van der Waals surface area contributed by atoms with Gasteiger partial charge in [-0.1, -0.05) is 24.3 Å². The number of carbonyl (C=O) groups excluding carboxylic acids is 1. The highest BCUT2D eigenvalue weighted by molar-refractivity contribution is 5.93. The van der Waals surface area contributed by atoms with Gasteiger partial charge < -0.3 is 10.1 Å². The van der Waals surface area contributed by atoms with Gasteiger partial charge in [-0.15, -0.1) is 0 Å². The Hall–Kier alpha value is -3.34. The summed E-state index contributed by atoms with van der Waals surface area (Å²) in [6.07, 6.45) is 0. The quantitative estimate of drug-likeness (QED) is 0.757. The fourth-order valence-electron chi connectivity index (χ4n) is 2.91. The number of pyridine rings is 1. The Kier molecular flexibility index (Phi) is 5.41. The number of nitrogens with one attached hydrogen (secondary N) is 1. The van der Waals surface area contributed by atoms with Gasteiger partial charge in [-0.3, -0.25) is 14.2 Å². The van der Waals surface area contributed by atoms with Crippen LogP contribution in [0.1, 0.15) is 27.2 Å². The van der Waals surface area contributed by atoms with Crippen molar-refractivity contribution in [2.24, 2.45) is 0 Å². The molecule has 0 radical (unpaired) electrons. The molecule has 138 valence electrons. The summed E-state index contributed by atoms with van der Waals surface area (Å²) in [4.78, 5) is 25.5. The van der Waals surface area contributed by atoms with Gasteiger partial charge in [-0.05, 0) is 61.4 Å². The summed E-state index contributed by atoms with van der Waals surface area (Å²) in [5.41, 5.74) is 3.30. The molecule has 0 saturated carbocycles. The lowest BCUT2D eigenvalue weighted by atomic mass is 10.1. The first-order chi connectivity index (χ1) is 13.0. The third-order valence-corrected chi connectivity index (χ3v) is 4.39. The summed E-state index contributed by atoms with van der Waals surface area (Å²) in [5.74, 6) is 0.363. The maximum atomic E-state index is 12.9. The molecule has 0 saturated heterocycles.